The Labute approximate surface area is 180 Å². The Morgan fingerprint density at radius 3 is 2.66 bits per heavy atom. The number of aryl methyl sites for hydroxylation is 2. The van der Waals surface area contributed by atoms with Crippen LogP contribution in [0.5, 0.6) is 0 Å². The van der Waals surface area contributed by atoms with Crippen molar-refractivity contribution >= 4 is 22.2 Å². The molecule has 9 nitrogen and oxygen atoms in total. The summed E-state index contributed by atoms with van der Waals surface area (Å²) in [6, 6.07) is 12.5. The van der Waals surface area contributed by atoms with Gasteiger partial charge in [-0.1, -0.05) is 12.1 Å². The average molecular weight is 424 g/mol. The van der Waals surface area contributed by atoms with Crippen LogP contribution in [-0.4, -0.2) is 29.1 Å². The molecular weight excluding hydrogens is 406 g/mol. The molecule has 0 saturated heterocycles. The van der Waals surface area contributed by atoms with Crippen molar-refractivity contribution in [2.75, 3.05) is 0 Å². The lowest BCUT2D eigenvalue weighted by molar-refractivity contribution is -0.375. The quantitative estimate of drug-likeness (QED) is 0.420. The van der Waals surface area contributed by atoms with Gasteiger partial charge in [-0.2, -0.15) is 4.98 Å². The molecule has 0 radical (unpaired) electrons. The van der Waals surface area contributed by atoms with E-state index in [-0.39, 0.29) is 5.56 Å². The Morgan fingerprint density at radius 1 is 0.906 bits per heavy atom. The van der Waals surface area contributed by atoms with E-state index >= 15 is 0 Å². The topological polar surface area (TPSA) is 110 Å². The molecule has 0 fully saturated rings. The van der Waals surface area contributed by atoms with Gasteiger partial charge in [0, 0.05) is 49.2 Å². The number of fused-ring (bicyclic) bond motifs is 9. The minimum atomic E-state index is -0.408. The predicted molar refractivity (Wildman–Crippen MR) is 117 cm³/mol. The van der Waals surface area contributed by atoms with Crippen LogP contribution in [0.15, 0.2) is 89.4 Å². The summed E-state index contributed by atoms with van der Waals surface area (Å²) < 4.78 is 3.49. The third-order valence-corrected chi connectivity index (χ3v) is 5.08. The molecule has 0 amide bonds. The fraction of sp³-hybridized carbons (Fsp3) is 0.0870. The molecule has 0 spiro atoms. The number of nitrogens with zero attached hydrogens (tertiary/aromatic N) is 6. The molecule has 0 aliphatic carbocycles. The summed E-state index contributed by atoms with van der Waals surface area (Å²) in [6.45, 7) is 0.973. The van der Waals surface area contributed by atoms with Crippen LogP contribution in [0.25, 0.3) is 22.2 Å². The number of benzene rings is 1. The van der Waals surface area contributed by atoms with Crippen molar-refractivity contribution in [1.82, 2.24) is 29.1 Å². The number of nitrogens with one attached hydrogen (secondary N) is 1. The van der Waals surface area contributed by atoms with Crippen molar-refractivity contribution in [3.8, 4) is 0 Å². The number of aromatic amines is 1. The van der Waals surface area contributed by atoms with E-state index in [0.717, 1.165) is 5.39 Å². The van der Waals surface area contributed by atoms with Gasteiger partial charge in [-0.15, -0.1) is 0 Å². The average Bonchev–Trinajstić information content (AvgIpc) is 3.14. The lowest BCUT2D eigenvalue weighted by Crippen LogP contribution is -2.22. The molecule has 4 aliphatic rings. The first-order valence-electron chi connectivity index (χ1n) is 10.00. The van der Waals surface area contributed by atoms with Gasteiger partial charge >= 0.3 is 0 Å². The van der Waals surface area contributed by atoms with Crippen LogP contribution in [0, 0.1) is 10.4 Å². The molecule has 32 heavy (non-hydrogen) atoms. The first kappa shape index (κ1) is 19.4. The number of rotatable bonds is 0. The van der Waals surface area contributed by atoms with Crippen molar-refractivity contribution in [2.45, 2.75) is 13.1 Å². The molecule has 5 heterocycles. The van der Waals surface area contributed by atoms with Crippen molar-refractivity contribution in [2.24, 2.45) is 0 Å². The maximum Gasteiger partial charge on any atom is 0.281 e. The zero-order valence-electron chi connectivity index (χ0n) is 16.9. The summed E-state index contributed by atoms with van der Waals surface area (Å²) in [5, 5.41) is 1.77. The van der Waals surface area contributed by atoms with Crippen molar-refractivity contribution < 1.29 is 4.98 Å². The first-order chi connectivity index (χ1) is 15.7. The molecule has 6 rings (SSSR count). The van der Waals surface area contributed by atoms with Gasteiger partial charge in [-0.3, -0.25) is 14.6 Å². The Kier molecular flexibility index (Phi) is 5.04. The van der Waals surface area contributed by atoms with E-state index < -0.39 is 5.56 Å². The van der Waals surface area contributed by atoms with Crippen molar-refractivity contribution in [3.05, 3.63) is 111 Å². The third kappa shape index (κ3) is 3.79. The fourth-order valence-electron chi connectivity index (χ4n) is 3.50. The highest BCUT2D eigenvalue weighted by Gasteiger charge is 2.09. The van der Waals surface area contributed by atoms with Gasteiger partial charge in [-0.05, 0) is 18.2 Å². The molecule has 1 aromatic carbocycles. The molecule has 0 unspecified atom stereocenters. The molecule has 4 aliphatic heterocycles. The first-order valence-corrected chi connectivity index (χ1v) is 10.00. The second-order valence-corrected chi connectivity index (χ2v) is 7.13. The van der Waals surface area contributed by atoms with E-state index in [4.69, 9.17) is 0 Å². The second kappa shape index (κ2) is 8.31. The smallest absolute Gasteiger partial charge is 0.281 e. The molecule has 1 N–H and O–H groups in total. The summed E-state index contributed by atoms with van der Waals surface area (Å²) in [5.41, 5.74) is 1.02. The lowest BCUT2D eigenvalue weighted by atomic mass is 10.3. The standard InChI is InChI=1S/C23H17N7O2/c31-19-6-1-2-7-24-13-16-4-3-5-17(12-16)25-14-18-20-21(28-23(18)32)26-15-27-22(20)30-10-8-29(19)9-11-30/h1-8,10,12-15H,9,11H2/p+1. The van der Waals surface area contributed by atoms with Crippen LogP contribution >= 0.6 is 0 Å². The van der Waals surface area contributed by atoms with Crippen molar-refractivity contribution in [1.29, 1.82) is 0 Å². The number of hydrogen-bond acceptors (Lipinski definition) is 6. The van der Waals surface area contributed by atoms with E-state index in [0.29, 0.717) is 40.3 Å². The third-order valence-electron chi connectivity index (χ3n) is 5.08. The number of aromatic nitrogens is 7. The molecule has 4 bridgehead atoms. The number of H-pyrrole nitrogens is 1. The van der Waals surface area contributed by atoms with Crippen molar-refractivity contribution in [3.63, 3.8) is 0 Å². The lowest BCUT2D eigenvalue weighted by Gasteiger charge is -2.12. The zero-order valence-corrected chi connectivity index (χ0v) is 16.9. The minimum absolute atomic E-state index is 0.127. The Bertz CT molecular complexity index is 1690. The molecule has 0 saturated carbocycles. The summed E-state index contributed by atoms with van der Waals surface area (Å²) in [5.74, 6) is 0. The second-order valence-electron chi connectivity index (χ2n) is 7.13. The maximum atomic E-state index is 12.6. The Balaban J connectivity index is 1.95. The highest BCUT2D eigenvalue weighted by molar-refractivity contribution is 5.61. The van der Waals surface area contributed by atoms with Crippen LogP contribution in [0.4, 0.5) is 0 Å². The van der Waals surface area contributed by atoms with Crippen LogP contribution in [0.1, 0.15) is 0 Å². The van der Waals surface area contributed by atoms with E-state index in [1.54, 1.807) is 35.3 Å². The van der Waals surface area contributed by atoms with Crippen LogP contribution in [-0.2, 0) is 13.1 Å². The SMILES string of the molecule is O=c1nc2ncnc3c2=c1cnc1cccc(c[nH+]ccccc(=O)n2ccn3CC2)c1. The van der Waals surface area contributed by atoms with E-state index in [9.17, 15) is 9.59 Å². The monoisotopic (exact) mass is 424 g/mol. The molecule has 156 valence electrons. The zero-order chi connectivity index (χ0) is 21.9. The largest absolute Gasteiger partial charge is 0.329 e. The maximum absolute atomic E-state index is 12.6. The summed E-state index contributed by atoms with van der Waals surface area (Å²) in [7, 11) is 0. The molecule has 1 aromatic heterocycles. The summed E-state index contributed by atoms with van der Waals surface area (Å²) in [6.07, 6.45) is 9.89. The van der Waals surface area contributed by atoms with Gasteiger partial charge < -0.3 is 9.13 Å². The van der Waals surface area contributed by atoms with Crippen LogP contribution in [0.2, 0.25) is 0 Å². The Morgan fingerprint density at radius 2 is 1.78 bits per heavy atom. The van der Waals surface area contributed by atoms with Gasteiger partial charge in [0.1, 0.15) is 12.0 Å². The van der Waals surface area contributed by atoms with E-state index in [2.05, 4.69) is 24.9 Å². The highest BCUT2D eigenvalue weighted by atomic mass is 16.1. The van der Waals surface area contributed by atoms with Gasteiger partial charge in [0.2, 0.25) is 0 Å². The molecular formula is C23H18N7O2+. The highest BCUT2D eigenvalue weighted by Crippen LogP contribution is 2.08. The summed E-state index contributed by atoms with van der Waals surface area (Å²) >= 11 is 0. The van der Waals surface area contributed by atoms with E-state index in [1.165, 1.54) is 18.6 Å². The van der Waals surface area contributed by atoms with E-state index in [1.807, 2.05) is 35.0 Å². The summed E-state index contributed by atoms with van der Waals surface area (Å²) in [4.78, 5) is 45.2. The molecule has 9 heteroatoms. The fourth-order valence-corrected chi connectivity index (χ4v) is 3.50. The van der Waals surface area contributed by atoms with Crippen LogP contribution < -0.4 is 16.1 Å². The van der Waals surface area contributed by atoms with Gasteiger partial charge in [-0.25, -0.2) is 15.0 Å². The molecule has 2 aromatic rings. The van der Waals surface area contributed by atoms with Gasteiger partial charge in [0.05, 0.1) is 16.0 Å². The van der Waals surface area contributed by atoms with Gasteiger partial charge in [0.15, 0.2) is 18.0 Å². The van der Waals surface area contributed by atoms with Crippen LogP contribution in [0.3, 0.4) is 0 Å². The number of hydrogen-bond donors (Lipinski definition) is 0. The molecule has 0 atom stereocenters. The Hall–Kier alpha value is -4.53. The van der Waals surface area contributed by atoms with Gasteiger partial charge in [0.25, 0.3) is 11.1 Å². The normalized spacial score (nSPS) is 11.8. The minimum Gasteiger partial charge on any atom is -0.329 e. The predicted octanol–water partition coefficient (Wildman–Crippen LogP) is 1.26.